The first-order chi connectivity index (χ1) is 7.99. The van der Waals surface area contributed by atoms with Gasteiger partial charge in [-0.15, -0.1) is 11.3 Å². The second kappa shape index (κ2) is 5.06. The lowest BCUT2D eigenvalue weighted by Crippen LogP contribution is -2.28. The molecule has 1 saturated carbocycles. The predicted octanol–water partition coefficient (Wildman–Crippen LogP) is 2.52. The molecule has 1 aromatic heterocycles. The predicted molar refractivity (Wildman–Crippen MR) is 67.5 cm³/mol. The Bertz CT molecular complexity index is 487. The zero-order valence-electron chi connectivity index (χ0n) is 10.0. The van der Waals surface area contributed by atoms with Gasteiger partial charge in [0.05, 0.1) is 11.0 Å². The van der Waals surface area contributed by atoms with Crippen LogP contribution in [0.2, 0.25) is 0 Å². The highest BCUT2D eigenvalue weighted by Gasteiger charge is 2.22. The highest BCUT2D eigenvalue weighted by Crippen LogP contribution is 2.25. The van der Waals surface area contributed by atoms with Crippen LogP contribution < -0.4 is 4.89 Å². The van der Waals surface area contributed by atoms with Crippen LogP contribution in [0.25, 0.3) is 0 Å². The summed E-state index contributed by atoms with van der Waals surface area (Å²) >= 11 is 1.48. The minimum atomic E-state index is -3.52. The molecule has 1 aliphatic carbocycles. The van der Waals surface area contributed by atoms with Gasteiger partial charge in [0.1, 0.15) is 0 Å². The van der Waals surface area contributed by atoms with Crippen LogP contribution in [-0.4, -0.2) is 14.5 Å². The normalized spacial score (nSPS) is 17.8. The Morgan fingerprint density at radius 1 is 1.35 bits per heavy atom. The Morgan fingerprint density at radius 2 is 2.00 bits per heavy atom. The van der Waals surface area contributed by atoms with Gasteiger partial charge in [0.2, 0.25) is 0 Å². The molecule has 2 rings (SSSR count). The Morgan fingerprint density at radius 3 is 2.53 bits per heavy atom. The molecule has 4 nitrogen and oxygen atoms in total. The molecule has 0 aromatic carbocycles. The summed E-state index contributed by atoms with van der Waals surface area (Å²) in [7, 11) is -3.52. The van der Waals surface area contributed by atoms with Crippen LogP contribution in [0, 0.1) is 13.8 Å². The molecular weight excluding hydrogens is 258 g/mol. The van der Waals surface area contributed by atoms with E-state index in [0.29, 0.717) is 4.90 Å². The first kappa shape index (κ1) is 13.0. The SMILES string of the molecule is Cc1cc(S(=O)(=O)NOC2CCCC2)c(C)s1. The first-order valence-corrected chi connectivity index (χ1v) is 8.03. The average Bonchev–Trinajstić information content (AvgIpc) is 2.85. The van der Waals surface area contributed by atoms with Gasteiger partial charge >= 0.3 is 0 Å². The lowest BCUT2D eigenvalue weighted by Gasteiger charge is -2.11. The van der Waals surface area contributed by atoms with Crippen LogP contribution >= 0.6 is 11.3 Å². The Labute approximate surface area is 106 Å². The van der Waals surface area contributed by atoms with Crippen molar-refractivity contribution < 1.29 is 13.3 Å². The summed E-state index contributed by atoms with van der Waals surface area (Å²) in [5.74, 6) is 0. The van der Waals surface area contributed by atoms with Crippen molar-refractivity contribution in [3.63, 3.8) is 0 Å². The fourth-order valence-corrected chi connectivity index (χ4v) is 4.47. The third kappa shape index (κ3) is 3.07. The molecule has 1 heterocycles. The maximum absolute atomic E-state index is 12.0. The monoisotopic (exact) mass is 275 g/mol. The number of hydrogen-bond acceptors (Lipinski definition) is 4. The van der Waals surface area contributed by atoms with E-state index in [1.54, 1.807) is 6.07 Å². The number of nitrogens with one attached hydrogen (secondary N) is 1. The summed E-state index contributed by atoms with van der Waals surface area (Å²) in [6, 6.07) is 1.68. The van der Waals surface area contributed by atoms with Crippen molar-refractivity contribution in [3.05, 3.63) is 15.8 Å². The molecule has 6 heteroatoms. The van der Waals surface area contributed by atoms with Crippen LogP contribution in [0.4, 0.5) is 0 Å². The quantitative estimate of drug-likeness (QED) is 0.859. The summed E-state index contributed by atoms with van der Waals surface area (Å²) in [6.45, 7) is 3.70. The number of rotatable bonds is 4. The van der Waals surface area contributed by atoms with Crippen molar-refractivity contribution in [2.75, 3.05) is 0 Å². The van der Waals surface area contributed by atoms with Gasteiger partial charge in [-0.3, -0.25) is 4.84 Å². The largest absolute Gasteiger partial charge is 0.284 e. The second-order valence-electron chi connectivity index (χ2n) is 4.39. The molecule has 0 bridgehead atoms. The van der Waals surface area contributed by atoms with Crippen LogP contribution in [-0.2, 0) is 14.9 Å². The van der Waals surface area contributed by atoms with Crippen LogP contribution in [0.15, 0.2) is 11.0 Å². The standard InChI is InChI=1S/C11H17NO3S2/c1-8-7-11(9(2)16-8)17(13,14)12-15-10-5-3-4-6-10/h7,10,12H,3-6H2,1-2H3. The molecule has 0 amide bonds. The fourth-order valence-electron chi connectivity index (χ4n) is 2.06. The molecular formula is C11H17NO3S2. The molecule has 0 saturated heterocycles. The molecule has 1 aliphatic rings. The Hall–Kier alpha value is -0.430. The van der Waals surface area contributed by atoms with E-state index in [9.17, 15) is 8.42 Å². The first-order valence-electron chi connectivity index (χ1n) is 5.73. The lowest BCUT2D eigenvalue weighted by atomic mass is 10.3. The van der Waals surface area contributed by atoms with Gasteiger partial charge in [0.25, 0.3) is 10.0 Å². The summed E-state index contributed by atoms with van der Waals surface area (Å²) < 4.78 is 24.0. The smallest absolute Gasteiger partial charge is 0.263 e. The molecule has 17 heavy (non-hydrogen) atoms. The highest BCUT2D eigenvalue weighted by molar-refractivity contribution is 7.89. The zero-order valence-corrected chi connectivity index (χ0v) is 11.7. The van der Waals surface area contributed by atoms with Gasteiger partial charge in [-0.1, -0.05) is 17.7 Å². The number of aryl methyl sites for hydroxylation is 2. The van der Waals surface area contributed by atoms with E-state index in [4.69, 9.17) is 4.84 Å². The molecule has 0 atom stereocenters. The van der Waals surface area contributed by atoms with E-state index in [1.165, 1.54) is 11.3 Å². The number of sulfonamides is 1. The van der Waals surface area contributed by atoms with Gasteiger partial charge < -0.3 is 0 Å². The van der Waals surface area contributed by atoms with Crippen LogP contribution in [0.3, 0.4) is 0 Å². The zero-order chi connectivity index (χ0) is 12.5. The average molecular weight is 275 g/mol. The van der Waals surface area contributed by atoms with Crippen LogP contribution in [0.5, 0.6) is 0 Å². The molecule has 0 radical (unpaired) electrons. The van der Waals surface area contributed by atoms with Gasteiger partial charge in [-0.25, -0.2) is 8.42 Å². The summed E-state index contributed by atoms with van der Waals surface area (Å²) in [4.78, 5) is 9.62. The van der Waals surface area contributed by atoms with E-state index in [2.05, 4.69) is 4.89 Å². The van der Waals surface area contributed by atoms with Crippen molar-refractivity contribution in [3.8, 4) is 0 Å². The molecule has 1 fully saturated rings. The van der Waals surface area contributed by atoms with E-state index >= 15 is 0 Å². The summed E-state index contributed by atoms with van der Waals surface area (Å²) in [5, 5.41) is 0. The minimum Gasteiger partial charge on any atom is -0.284 e. The third-order valence-electron chi connectivity index (χ3n) is 2.91. The summed E-state index contributed by atoms with van der Waals surface area (Å²) in [6.07, 6.45) is 4.13. The van der Waals surface area contributed by atoms with Crippen molar-refractivity contribution in [1.82, 2.24) is 4.89 Å². The van der Waals surface area contributed by atoms with Gasteiger partial charge in [0.15, 0.2) is 0 Å². The fraction of sp³-hybridized carbons (Fsp3) is 0.636. The molecule has 0 unspecified atom stereocenters. The topological polar surface area (TPSA) is 55.4 Å². The number of thiophene rings is 1. The van der Waals surface area contributed by atoms with E-state index < -0.39 is 10.0 Å². The molecule has 96 valence electrons. The molecule has 0 spiro atoms. The van der Waals surface area contributed by atoms with Crippen molar-refractivity contribution in [1.29, 1.82) is 0 Å². The number of hydrogen-bond donors (Lipinski definition) is 1. The van der Waals surface area contributed by atoms with E-state index in [-0.39, 0.29) is 6.10 Å². The van der Waals surface area contributed by atoms with E-state index in [1.807, 2.05) is 13.8 Å². The Balaban J connectivity index is 2.05. The minimum absolute atomic E-state index is 0.0322. The molecule has 1 N–H and O–H groups in total. The second-order valence-corrected chi connectivity index (χ2v) is 7.46. The van der Waals surface area contributed by atoms with E-state index in [0.717, 1.165) is 35.4 Å². The molecule has 0 aliphatic heterocycles. The Kier molecular flexibility index (Phi) is 3.87. The third-order valence-corrected chi connectivity index (χ3v) is 5.33. The molecule has 1 aromatic rings. The van der Waals surface area contributed by atoms with Crippen molar-refractivity contribution in [2.45, 2.75) is 50.5 Å². The van der Waals surface area contributed by atoms with Gasteiger partial charge in [-0.05, 0) is 32.8 Å². The van der Waals surface area contributed by atoms with Crippen molar-refractivity contribution in [2.24, 2.45) is 0 Å². The lowest BCUT2D eigenvalue weighted by molar-refractivity contribution is 0.0223. The summed E-state index contributed by atoms with van der Waals surface area (Å²) in [5.41, 5.74) is 0. The van der Waals surface area contributed by atoms with Gasteiger partial charge in [-0.2, -0.15) is 0 Å². The van der Waals surface area contributed by atoms with Gasteiger partial charge in [0, 0.05) is 9.75 Å². The van der Waals surface area contributed by atoms with Crippen molar-refractivity contribution >= 4 is 21.4 Å². The maximum atomic E-state index is 12.0. The van der Waals surface area contributed by atoms with Crippen LogP contribution in [0.1, 0.15) is 35.4 Å². The maximum Gasteiger partial charge on any atom is 0.263 e. The highest BCUT2D eigenvalue weighted by atomic mass is 32.2.